The summed E-state index contributed by atoms with van der Waals surface area (Å²) in [6, 6.07) is 0.329. The predicted molar refractivity (Wildman–Crippen MR) is 66.0 cm³/mol. The minimum absolute atomic E-state index is 0.296. The van der Waals surface area contributed by atoms with Gasteiger partial charge < -0.3 is 5.32 Å². The molecule has 0 radical (unpaired) electrons. The fraction of sp³-hybridized carbons (Fsp3) is 0.636. The van der Waals surface area contributed by atoms with Crippen LogP contribution in [0.5, 0.6) is 0 Å². The summed E-state index contributed by atoms with van der Waals surface area (Å²) in [4.78, 5) is 8.08. The summed E-state index contributed by atoms with van der Waals surface area (Å²) < 4.78 is 0.296. The van der Waals surface area contributed by atoms with Crippen molar-refractivity contribution in [1.82, 2.24) is 15.3 Å². The summed E-state index contributed by atoms with van der Waals surface area (Å²) in [7, 11) is 1.97. The van der Waals surface area contributed by atoms with Crippen molar-refractivity contribution >= 4 is 11.8 Å². The van der Waals surface area contributed by atoms with Crippen molar-refractivity contribution < 1.29 is 0 Å². The van der Waals surface area contributed by atoms with E-state index in [-0.39, 0.29) is 0 Å². The second kappa shape index (κ2) is 5.47. The maximum atomic E-state index is 4.04. The zero-order valence-electron chi connectivity index (χ0n) is 9.82. The van der Waals surface area contributed by atoms with Gasteiger partial charge in [0.15, 0.2) is 0 Å². The quantitative estimate of drug-likeness (QED) is 0.853. The SMILES string of the molecule is CNC(CSC(C)(C)C)c1cncnc1. The largest absolute Gasteiger partial charge is 0.312 e. The van der Waals surface area contributed by atoms with E-state index >= 15 is 0 Å². The molecule has 0 spiro atoms. The first kappa shape index (κ1) is 12.5. The maximum absolute atomic E-state index is 4.04. The molecule has 0 fully saturated rings. The van der Waals surface area contributed by atoms with Crippen LogP contribution < -0.4 is 5.32 Å². The fourth-order valence-electron chi connectivity index (χ4n) is 1.17. The fourth-order valence-corrected chi connectivity index (χ4v) is 2.20. The summed E-state index contributed by atoms with van der Waals surface area (Å²) in [5.74, 6) is 1.04. The number of aromatic nitrogens is 2. The van der Waals surface area contributed by atoms with E-state index < -0.39 is 0 Å². The van der Waals surface area contributed by atoms with Gasteiger partial charge in [0.05, 0.1) is 0 Å². The van der Waals surface area contributed by atoms with Crippen molar-refractivity contribution in [2.75, 3.05) is 12.8 Å². The van der Waals surface area contributed by atoms with Crippen molar-refractivity contribution in [2.45, 2.75) is 31.6 Å². The van der Waals surface area contributed by atoms with Gasteiger partial charge in [-0.25, -0.2) is 9.97 Å². The molecule has 1 atom stereocenters. The smallest absolute Gasteiger partial charge is 0.115 e. The Hall–Kier alpha value is -0.610. The lowest BCUT2D eigenvalue weighted by Gasteiger charge is -2.22. The Bertz CT molecular complexity index is 282. The van der Waals surface area contributed by atoms with Crippen molar-refractivity contribution in [3.63, 3.8) is 0 Å². The Balaban J connectivity index is 2.58. The van der Waals surface area contributed by atoms with Crippen LogP contribution in [0.3, 0.4) is 0 Å². The number of hydrogen-bond donors (Lipinski definition) is 1. The first-order valence-electron chi connectivity index (χ1n) is 5.09. The van der Waals surface area contributed by atoms with Crippen molar-refractivity contribution in [1.29, 1.82) is 0 Å². The van der Waals surface area contributed by atoms with Gasteiger partial charge in [-0.3, -0.25) is 0 Å². The summed E-state index contributed by atoms with van der Waals surface area (Å²) in [6.07, 6.45) is 5.31. The predicted octanol–water partition coefficient (Wildman–Crippen LogP) is 2.27. The third-order valence-electron chi connectivity index (χ3n) is 2.01. The lowest BCUT2D eigenvalue weighted by atomic mass is 10.2. The molecule has 0 aromatic carbocycles. The number of rotatable bonds is 4. The summed E-state index contributed by atoms with van der Waals surface area (Å²) in [5.41, 5.74) is 1.15. The van der Waals surface area contributed by atoms with E-state index in [0.717, 1.165) is 11.3 Å². The zero-order chi connectivity index (χ0) is 11.3. The van der Waals surface area contributed by atoms with Crippen LogP contribution in [0.2, 0.25) is 0 Å². The third kappa shape index (κ3) is 4.62. The van der Waals surface area contributed by atoms with Crippen LogP contribution in [-0.4, -0.2) is 27.5 Å². The van der Waals surface area contributed by atoms with Crippen LogP contribution in [-0.2, 0) is 0 Å². The van der Waals surface area contributed by atoms with E-state index in [9.17, 15) is 0 Å². The Labute approximate surface area is 96.1 Å². The zero-order valence-corrected chi connectivity index (χ0v) is 10.6. The molecule has 4 heteroatoms. The molecule has 0 bridgehead atoms. The van der Waals surface area contributed by atoms with E-state index in [0.29, 0.717) is 10.8 Å². The molecule has 0 aliphatic heterocycles. The Morgan fingerprint density at radius 3 is 2.40 bits per heavy atom. The van der Waals surface area contributed by atoms with Crippen LogP contribution in [0, 0.1) is 0 Å². The van der Waals surface area contributed by atoms with Gasteiger partial charge in [-0.1, -0.05) is 20.8 Å². The average Bonchev–Trinajstić information content (AvgIpc) is 2.19. The van der Waals surface area contributed by atoms with E-state index in [1.54, 1.807) is 6.33 Å². The molecular formula is C11H19N3S. The number of hydrogen-bond acceptors (Lipinski definition) is 4. The molecule has 0 saturated carbocycles. The highest BCUT2D eigenvalue weighted by Gasteiger charge is 2.16. The summed E-state index contributed by atoms with van der Waals surface area (Å²) >= 11 is 1.94. The van der Waals surface area contributed by atoms with Crippen LogP contribution >= 0.6 is 11.8 Å². The molecule has 1 aromatic rings. The van der Waals surface area contributed by atoms with E-state index in [2.05, 4.69) is 36.1 Å². The minimum atomic E-state index is 0.296. The van der Waals surface area contributed by atoms with Crippen LogP contribution in [0.4, 0.5) is 0 Å². The van der Waals surface area contributed by atoms with Gasteiger partial charge in [0.2, 0.25) is 0 Å². The van der Waals surface area contributed by atoms with Gasteiger partial charge in [0.1, 0.15) is 6.33 Å². The first-order chi connectivity index (χ1) is 7.03. The molecule has 1 heterocycles. The Morgan fingerprint density at radius 2 is 1.93 bits per heavy atom. The molecule has 0 aliphatic carbocycles. The molecule has 84 valence electrons. The van der Waals surface area contributed by atoms with Gasteiger partial charge in [-0.05, 0) is 7.05 Å². The van der Waals surface area contributed by atoms with Crippen molar-refractivity contribution in [3.05, 3.63) is 24.3 Å². The van der Waals surface area contributed by atoms with Gasteiger partial charge in [-0.15, -0.1) is 0 Å². The van der Waals surface area contributed by atoms with Crippen molar-refractivity contribution in [3.8, 4) is 0 Å². The monoisotopic (exact) mass is 225 g/mol. The van der Waals surface area contributed by atoms with Gasteiger partial charge in [-0.2, -0.15) is 11.8 Å². The van der Waals surface area contributed by atoms with Gasteiger partial charge in [0, 0.05) is 34.5 Å². The average molecular weight is 225 g/mol. The first-order valence-corrected chi connectivity index (χ1v) is 6.07. The lowest BCUT2D eigenvalue weighted by molar-refractivity contribution is 0.650. The summed E-state index contributed by atoms with van der Waals surface area (Å²) in [5, 5.41) is 3.29. The van der Waals surface area contributed by atoms with Crippen LogP contribution in [0.15, 0.2) is 18.7 Å². The highest BCUT2D eigenvalue weighted by Crippen LogP contribution is 2.27. The number of nitrogens with one attached hydrogen (secondary N) is 1. The molecule has 0 saturated heterocycles. The molecule has 15 heavy (non-hydrogen) atoms. The minimum Gasteiger partial charge on any atom is -0.312 e. The highest BCUT2D eigenvalue weighted by atomic mass is 32.2. The molecule has 1 N–H and O–H groups in total. The summed E-state index contributed by atoms with van der Waals surface area (Å²) in [6.45, 7) is 6.68. The van der Waals surface area contributed by atoms with Gasteiger partial charge >= 0.3 is 0 Å². The van der Waals surface area contributed by atoms with Crippen molar-refractivity contribution in [2.24, 2.45) is 0 Å². The normalized spacial score (nSPS) is 13.9. The van der Waals surface area contributed by atoms with E-state index in [1.165, 1.54) is 0 Å². The Kier molecular flexibility index (Phi) is 4.54. The molecular weight excluding hydrogens is 206 g/mol. The topological polar surface area (TPSA) is 37.8 Å². The van der Waals surface area contributed by atoms with Gasteiger partial charge in [0.25, 0.3) is 0 Å². The molecule has 0 amide bonds. The van der Waals surface area contributed by atoms with E-state index in [4.69, 9.17) is 0 Å². The molecule has 3 nitrogen and oxygen atoms in total. The number of thioether (sulfide) groups is 1. The highest BCUT2D eigenvalue weighted by molar-refractivity contribution is 8.00. The van der Waals surface area contributed by atoms with Crippen LogP contribution in [0.25, 0.3) is 0 Å². The standard InChI is InChI=1S/C11H19N3S/c1-11(2,3)15-7-10(12-4)9-5-13-8-14-6-9/h5-6,8,10,12H,7H2,1-4H3. The second-order valence-corrected chi connectivity index (χ2v) is 6.28. The molecule has 1 aromatic heterocycles. The van der Waals surface area contributed by atoms with E-state index in [1.807, 2.05) is 31.2 Å². The number of nitrogens with zero attached hydrogens (tertiary/aromatic N) is 2. The maximum Gasteiger partial charge on any atom is 0.115 e. The van der Waals surface area contributed by atoms with Crippen LogP contribution in [0.1, 0.15) is 32.4 Å². The Morgan fingerprint density at radius 1 is 1.33 bits per heavy atom. The molecule has 1 unspecified atom stereocenters. The second-order valence-electron chi connectivity index (χ2n) is 4.44. The lowest BCUT2D eigenvalue weighted by Crippen LogP contribution is -2.22. The molecule has 0 aliphatic rings. The molecule has 1 rings (SSSR count). The third-order valence-corrected chi connectivity index (χ3v) is 3.38.